The number of hydrogen-bond donors (Lipinski definition) is 3. The van der Waals surface area contributed by atoms with Crippen molar-refractivity contribution >= 4 is 17.8 Å². The number of ether oxygens (including phenoxy) is 1. The Kier molecular flexibility index (Phi) is 6.45. The number of carbonyl (C=O) groups excluding carboxylic acids is 1. The van der Waals surface area contributed by atoms with Crippen LogP contribution < -0.4 is 11.1 Å². The molecule has 0 saturated carbocycles. The van der Waals surface area contributed by atoms with Gasteiger partial charge in [-0.1, -0.05) is 6.07 Å². The van der Waals surface area contributed by atoms with Crippen LogP contribution >= 0.6 is 0 Å². The molecule has 1 rings (SSSR count). The molecule has 0 aliphatic heterocycles. The van der Waals surface area contributed by atoms with Crippen LogP contribution in [0.3, 0.4) is 0 Å². The first-order valence-corrected chi connectivity index (χ1v) is 6.25. The Labute approximate surface area is 117 Å². The van der Waals surface area contributed by atoms with Gasteiger partial charge in [-0.2, -0.15) is 0 Å². The molecule has 0 aliphatic rings. The second-order valence-electron chi connectivity index (χ2n) is 4.33. The summed E-state index contributed by atoms with van der Waals surface area (Å²) in [5.41, 5.74) is 5.45. The fraction of sp³-hybridized carbons (Fsp3) is 0.462. The van der Waals surface area contributed by atoms with Crippen LogP contribution in [0.1, 0.15) is 12.8 Å². The first-order valence-electron chi connectivity index (χ1n) is 6.25. The van der Waals surface area contributed by atoms with Crippen LogP contribution in [0.4, 0.5) is 5.82 Å². The van der Waals surface area contributed by atoms with E-state index in [9.17, 15) is 9.59 Å². The third-order valence-electron chi connectivity index (χ3n) is 2.85. The minimum Gasteiger partial charge on any atom is -0.480 e. The van der Waals surface area contributed by atoms with Gasteiger partial charge in [-0.3, -0.25) is 9.59 Å². The molecule has 0 aromatic carbocycles. The molecule has 110 valence electrons. The number of methoxy groups -OCH3 is 1. The molecule has 0 bridgehead atoms. The highest BCUT2D eigenvalue weighted by Gasteiger charge is 2.25. The minimum absolute atomic E-state index is 0.0475. The molecule has 1 aromatic heterocycles. The summed E-state index contributed by atoms with van der Waals surface area (Å²) in [4.78, 5) is 26.4. The quantitative estimate of drug-likeness (QED) is 0.593. The van der Waals surface area contributed by atoms with Gasteiger partial charge in [0, 0.05) is 12.7 Å². The number of carbonyl (C=O) groups is 2. The van der Waals surface area contributed by atoms with Crippen molar-refractivity contribution in [1.82, 2.24) is 4.98 Å². The predicted octanol–water partition coefficient (Wildman–Crippen LogP) is 0.475. The fourth-order valence-corrected chi connectivity index (χ4v) is 1.75. The molecule has 20 heavy (non-hydrogen) atoms. The van der Waals surface area contributed by atoms with Crippen molar-refractivity contribution in [3.63, 3.8) is 0 Å². The molecule has 1 unspecified atom stereocenters. The summed E-state index contributed by atoms with van der Waals surface area (Å²) < 4.78 is 4.66. The van der Waals surface area contributed by atoms with Gasteiger partial charge in [-0.15, -0.1) is 0 Å². The van der Waals surface area contributed by atoms with E-state index in [0.717, 1.165) is 0 Å². The summed E-state index contributed by atoms with van der Waals surface area (Å²) in [6.07, 6.45) is 2.12. The Hall–Kier alpha value is -2.15. The van der Waals surface area contributed by atoms with Crippen molar-refractivity contribution in [2.45, 2.75) is 18.9 Å². The molecule has 2 atom stereocenters. The number of hydrogen-bond acceptors (Lipinski definition) is 6. The average molecular weight is 281 g/mol. The lowest BCUT2D eigenvalue weighted by molar-refractivity contribution is -0.146. The number of aliphatic carboxylic acids is 1. The highest BCUT2D eigenvalue weighted by molar-refractivity contribution is 5.76. The summed E-state index contributed by atoms with van der Waals surface area (Å²) in [6, 6.07) is 4.37. The van der Waals surface area contributed by atoms with Gasteiger partial charge < -0.3 is 20.9 Å². The molecular formula is C13H19N3O4. The first kappa shape index (κ1) is 15.9. The number of rotatable bonds is 8. The Morgan fingerprint density at radius 2 is 2.25 bits per heavy atom. The zero-order valence-corrected chi connectivity index (χ0v) is 11.3. The van der Waals surface area contributed by atoms with E-state index in [1.807, 2.05) is 6.07 Å². The van der Waals surface area contributed by atoms with Gasteiger partial charge in [-0.25, -0.2) is 4.98 Å². The highest BCUT2D eigenvalue weighted by Crippen LogP contribution is 2.13. The van der Waals surface area contributed by atoms with Crippen LogP contribution in [0.25, 0.3) is 0 Å². The molecule has 0 saturated heterocycles. The van der Waals surface area contributed by atoms with E-state index in [1.165, 1.54) is 7.11 Å². The molecule has 4 N–H and O–H groups in total. The number of aromatic nitrogens is 1. The molecule has 1 heterocycles. The van der Waals surface area contributed by atoms with E-state index in [-0.39, 0.29) is 6.42 Å². The third kappa shape index (κ3) is 5.23. The lowest BCUT2D eigenvalue weighted by Gasteiger charge is -2.17. The normalized spacial score (nSPS) is 13.3. The zero-order chi connectivity index (χ0) is 15.0. The maximum atomic E-state index is 11.6. The summed E-state index contributed by atoms with van der Waals surface area (Å²) in [5.74, 6) is -1.44. The number of carboxylic acid groups (broad SMARTS) is 1. The van der Waals surface area contributed by atoms with E-state index in [0.29, 0.717) is 18.8 Å². The summed E-state index contributed by atoms with van der Waals surface area (Å²) in [6.45, 7) is 0.475. The van der Waals surface area contributed by atoms with Gasteiger partial charge in [-0.05, 0) is 25.0 Å². The monoisotopic (exact) mass is 281 g/mol. The van der Waals surface area contributed by atoms with Gasteiger partial charge in [0.05, 0.1) is 13.0 Å². The number of anilines is 1. The Morgan fingerprint density at radius 3 is 2.80 bits per heavy atom. The molecule has 7 nitrogen and oxygen atoms in total. The second kappa shape index (κ2) is 8.11. The molecule has 0 spiro atoms. The molecular weight excluding hydrogens is 262 g/mol. The largest absolute Gasteiger partial charge is 0.480 e. The summed E-state index contributed by atoms with van der Waals surface area (Å²) in [7, 11) is 1.27. The molecule has 1 aromatic rings. The van der Waals surface area contributed by atoms with Crippen molar-refractivity contribution in [3.8, 4) is 0 Å². The van der Waals surface area contributed by atoms with Crippen molar-refractivity contribution in [1.29, 1.82) is 0 Å². The van der Waals surface area contributed by atoms with E-state index in [1.54, 1.807) is 18.3 Å². The number of nitrogens with zero attached hydrogens (tertiary/aromatic N) is 1. The maximum absolute atomic E-state index is 11.6. The van der Waals surface area contributed by atoms with Crippen molar-refractivity contribution in [2.75, 3.05) is 19.0 Å². The van der Waals surface area contributed by atoms with E-state index in [4.69, 9.17) is 10.8 Å². The smallest absolute Gasteiger partial charge is 0.320 e. The predicted molar refractivity (Wildman–Crippen MR) is 73.1 cm³/mol. The standard InChI is InChI=1S/C13H19N3O4/c1-20-13(19)9(8-10(14)12(17)18)5-7-16-11-4-2-3-6-15-11/h2-4,6,9-10H,5,7-8,14H2,1H3,(H,15,16)(H,17,18)/t9?,10-/m0/s1. The molecule has 0 radical (unpaired) electrons. The molecule has 0 amide bonds. The van der Waals surface area contributed by atoms with Gasteiger partial charge >= 0.3 is 11.9 Å². The number of nitrogens with one attached hydrogen (secondary N) is 1. The highest BCUT2D eigenvalue weighted by atomic mass is 16.5. The van der Waals surface area contributed by atoms with Crippen LogP contribution in [0.2, 0.25) is 0 Å². The van der Waals surface area contributed by atoms with E-state index < -0.39 is 23.9 Å². The molecule has 0 fully saturated rings. The Balaban J connectivity index is 2.48. The summed E-state index contributed by atoms with van der Waals surface area (Å²) in [5, 5.41) is 11.8. The van der Waals surface area contributed by atoms with Crippen LogP contribution in [-0.2, 0) is 14.3 Å². The average Bonchev–Trinajstić information content (AvgIpc) is 2.46. The first-order chi connectivity index (χ1) is 9.54. The topological polar surface area (TPSA) is 115 Å². The number of pyridine rings is 1. The molecule has 0 aliphatic carbocycles. The van der Waals surface area contributed by atoms with Gasteiger partial charge in [0.2, 0.25) is 0 Å². The third-order valence-corrected chi connectivity index (χ3v) is 2.85. The van der Waals surface area contributed by atoms with Crippen LogP contribution in [0.5, 0.6) is 0 Å². The van der Waals surface area contributed by atoms with Crippen molar-refractivity contribution in [3.05, 3.63) is 24.4 Å². The number of carboxylic acids is 1. The zero-order valence-electron chi connectivity index (χ0n) is 11.3. The lowest BCUT2D eigenvalue weighted by Crippen LogP contribution is -2.35. The lowest BCUT2D eigenvalue weighted by atomic mass is 9.97. The number of esters is 1. The SMILES string of the molecule is COC(=O)C(CCNc1ccccn1)C[C@H](N)C(=O)O. The van der Waals surface area contributed by atoms with Gasteiger partial charge in [0.15, 0.2) is 0 Å². The minimum atomic E-state index is -1.13. The Bertz CT molecular complexity index is 439. The van der Waals surface area contributed by atoms with Crippen molar-refractivity contribution in [2.24, 2.45) is 11.7 Å². The fourth-order valence-electron chi connectivity index (χ4n) is 1.75. The maximum Gasteiger partial charge on any atom is 0.320 e. The number of nitrogens with two attached hydrogens (primary N) is 1. The Morgan fingerprint density at radius 1 is 1.50 bits per heavy atom. The summed E-state index contributed by atoms with van der Waals surface area (Å²) >= 11 is 0. The second-order valence-corrected chi connectivity index (χ2v) is 4.33. The van der Waals surface area contributed by atoms with E-state index in [2.05, 4.69) is 15.0 Å². The van der Waals surface area contributed by atoms with Crippen LogP contribution in [0, 0.1) is 5.92 Å². The van der Waals surface area contributed by atoms with Gasteiger partial charge in [0.25, 0.3) is 0 Å². The molecule has 7 heteroatoms. The van der Waals surface area contributed by atoms with Crippen LogP contribution in [-0.4, -0.2) is 41.7 Å². The van der Waals surface area contributed by atoms with Gasteiger partial charge in [0.1, 0.15) is 11.9 Å². The van der Waals surface area contributed by atoms with Crippen LogP contribution in [0.15, 0.2) is 24.4 Å². The van der Waals surface area contributed by atoms with E-state index >= 15 is 0 Å². The van der Waals surface area contributed by atoms with Crippen molar-refractivity contribution < 1.29 is 19.4 Å².